The Bertz CT molecular complexity index is 1610. The summed E-state index contributed by atoms with van der Waals surface area (Å²) in [6.45, 7) is 2.62. The zero-order valence-electron chi connectivity index (χ0n) is 23.7. The highest BCUT2D eigenvalue weighted by atomic mass is 16.5. The van der Waals surface area contributed by atoms with Crippen LogP contribution in [0.2, 0.25) is 0 Å². The SMILES string of the molecule is COc1ccc(CNc2nc(Cc3ccc(OC)c(OC)c3)n(-c3cc(OCc4ccn(C)n4)nc(C)n3)n2)cc1. The fourth-order valence-corrected chi connectivity index (χ4v) is 4.21. The molecule has 0 radical (unpaired) electrons. The van der Waals surface area contributed by atoms with Gasteiger partial charge in [0.05, 0.1) is 27.0 Å². The number of aromatic nitrogens is 7. The molecular formula is C29H32N8O4. The third-order valence-electron chi connectivity index (χ3n) is 6.25. The standard InChI is InChI=1S/C29H32N8O4/c1-19-31-27(16-28(32-19)41-18-22-12-13-36(2)34-22)37-26(15-21-8-11-24(39-4)25(14-21)40-5)33-29(35-37)30-17-20-6-9-23(38-3)10-7-20/h6-14,16H,15,17-18H2,1-5H3,(H,30,35). The Morgan fingerprint density at radius 3 is 2.29 bits per heavy atom. The van der Waals surface area contributed by atoms with Crippen molar-refractivity contribution in [3.05, 3.63) is 89.3 Å². The number of nitrogens with zero attached hydrogens (tertiary/aromatic N) is 7. The first-order valence-electron chi connectivity index (χ1n) is 12.9. The minimum atomic E-state index is 0.279. The molecule has 0 aliphatic carbocycles. The fraction of sp³-hybridized carbons (Fsp3) is 0.276. The molecule has 41 heavy (non-hydrogen) atoms. The molecule has 0 unspecified atom stereocenters. The predicted molar refractivity (Wildman–Crippen MR) is 152 cm³/mol. The fourth-order valence-electron chi connectivity index (χ4n) is 4.21. The van der Waals surface area contributed by atoms with Crippen molar-refractivity contribution in [3.63, 3.8) is 0 Å². The van der Waals surface area contributed by atoms with Crippen LogP contribution in [0, 0.1) is 6.92 Å². The molecule has 0 saturated heterocycles. The van der Waals surface area contributed by atoms with Crippen LogP contribution < -0.4 is 24.3 Å². The lowest BCUT2D eigenvalue weighted by Crippen LogP contribution is -2.09. The van der Waals surface area contributed by atoms with Crippen molar-refractivity contribution in [3.8, 4) is 28.9 Å². The van der Waals surface area contributed by atoms with Gasteiger partial charge < -0.3 is 24.3 Å². The second kappa shape index (κ2) is 12.4. The van der Waals surface area contributed by atoms with Crippen LogP contribution in [0.15, 0.2) is 60.8 Å². The Morgan fingerprint density at radius 1 is 0.805 bits per heavy atom. The van der Waals surface area contributed by atoms with Crippen LogP contribution in [0.25, 0.3) is 5.82 Å². The van der Waals surface area contributed by atoms with Gasteiger partial charge >= 0.3 is 0 Å². The highest BCUT2D eigenvalue weighted by Gasteiger charge is 2.17. The Morgan fingerprint density at radius 2 is 1.59 bits per heavy atom. The molecule has 2 aromatic carbocycles. The molecule has 5 aromatic rings. The van der Waals surface area contributed by atoms with Crippen molar-refractivity contribution in [1.82, 2.24) is 34.5 Å². The van der Waals surface area contributed by atoms with Gasteiger partial charge in [0.2, 0.25) is 11.8 Å². The number of aryl methyl sites for hydroxylation is 2. The van der Waals surface area contributed by atoms with E-state index in [9.17, 15) is 0 Å². The van der Waals surface area contributed by atoms with E-state index < -0.39 is 0 Å². The molecular weight excluding hydrogens is 524 g/mol. The van der Waals surface area contributed by atoms with E-state index in [-0.39, 0.29) is 6.61 Å². The molecule has 1 N–H and O–H groups in total. The van der Waals surface area contributed by atoms with E-state index in [0.717, 1.165) is 22.6 Å². The van der Waals surface area contributed by atoms with Crippen LogP contribution in [-0.2, 0) is 26.6 Å². The first-order valence-corrected chi connectivity index (χ1v) is 12.9. The lowest BCUT2D eigenvalue weighted by molar-refractivity contribution is 0.286. The number of rotatable bonds is 12. The van der Waals surface area contributed by atoms with Gasteiger partial charge in [0.1, 0.15) is 24.0 Å². The van der Waals surface area contributed by atoms with Gasteiger partial charge in [-0.05, 0) is 48.4 Å². The van der Waals surface area contributed by atoms with Crippen molar-refractivity contribution in [2.45, 2.75) is 26.5 Å². The third-order valence-corrected chi connectivity index (χ3v) is 6.25. The number of methoxy groups -OCH3 is 3. The largest absolute Gasteiger partial charge is 0.497 e. The number of hydrogen-bond donors (Lipinski definition) is 1. The van der Waals surface area contributed by atoms with Crippen LogP contribution in [0.3, 0.4) is 0 Å². The Hall–Kier alpha value is -5.13. The van der Waals surface area contributed by atoms with E-state index in [0.29, 0.717) is 53.8 Å². The molecule has 212 valence electrons. The molecule has 0 spiro atoms. The van der Waals surface area contributed by atoms with Crippen LogP contribution >= 0.6 is 0 Å². The van der Waals surface area contributed by atoms with Crippen molar-refractivity contribution in [2.24, 2.45) is 7.05 Å². The summed E-state index contributed by atoms with van der Waals surface area (Å²) in [4.78, 5) is 13.9. The topological polar surface area (TPSA) is 123 Å². The zero-order chi connectivity index (χ0) is 28.8. The number of hydrogen-bond acceptors (Lipinski definition) is 10. The summed E-state index contributed by atoms with van der Waals surface area (Å²) < 4.78 is 25.5. The van der Waals surface area contributed by atoms with Crippen molar-refractivity contribution >= 4 is 5.95 Å². The average molecular weight is 557 g/mol. The maximum absolute atomic E-state index is 5.95. The molecule has 0 bridgehead atoms. The van der Waals surface area contributed by atoms with E-state index in [2.05, 4.69) is 20.4 Å². The van der Waals surface area contributed by atoms with Crippen LogP contribution in [0.5, 0.6) is 23.1 Å². The Labute approximate surface area is 237 Å². The van der Waals surface area contributed by atoms with Crippen molar-refractivity contribution in [1.29, 1.82) is 0 Å². The van der Waals surface area contributed by atoms with Gasteiger partial charge in [0.25, 0.3) is 0 Å². The van der Waals surface area contributed by atoms with Gasteiger partial charge in [0, 0.05) is 32.3 Å². The lowest BCUT2D eigenvalue weighted by atomic mass is 10.1. The molecule has 0 amide bonds. The zero-order valence-corrected chi connectivity index (χ0v) is 23.7. The van der Waals surface area contributed by atoms with Gasteiger partial charge in [-0.3, -0.25) is 4.68 Å². The molecule has 0 atom stereocenters. The molecule has 12 nitrogen and oxygen atoms in total. The summed E-state index contributed by atoms with van der Waals surface area (Å²) >= 11 is 0. The third kappa shape index (κ3) is 6.72. The highest BCUT2D eigenvalue weighted by molar-refractivity contribution is 5.44. The molecule has 3 aromatic heterocycles. The minimum Gasteiger partial charge on any atom is -0.497 e. The smallest absolute Gasteiger partial charge is 0.243 e. The summed E-state index contributed by atoms with van der Waals surface area (Å²) in [6.07, 6.45) is 2.33. The first kappa shape index (κ1) is 27.4. The van der Waals surface area contributed by atoms with Crippen LogP contribution in [0.1, 0.15) is 28.5 Å². The quantitative estimate of drug-likeness (QED) is 0.242. The molecule has 5 rings (SSSR count). The number of benzene rings is 2. The van der Waals surface area contributed by atoms with Gasteiger partial charge in [0.15, 0.2) is 17.3 Å². The lowest BCUT2D eigenvalue weighted by Gasteiger charge is -2.11. The molecule has 0 aliphatic rings. The summed E-state index contributed by atoms with van der Waals surface area (Å²) in [7, 11) is 6.73. The van der Waals surface area contributed by atoms with Gasteiger partial charge in [-0.25, -0.2) is 4.98 Å². The van der Waals surface area contributed by atoms with Crippen molar-refractivity contribution in [2.75, 3.05) is 26.6 Å². The Balaban J connectivity index is 1.44. The van der Waals surface area contributed by atoms with Crippen LogP contribution in [0.4, 0.5) is 5.95 Å². The van der Waals surface area contributed by atoms with Gasteiger partial charge in [-0.2, -0.15) is 19.7 Å². The predicted octanol–water partition coefficient (Wildman–Crippen LogP) is 3.91. The monoisotopic (exact) mass is 556 g/mol. The molecule has 0 fully saturated rings. The minimum absolute atomic E-state index is 0.279. The van der Waals surface area contributed by atoms with E-state index in [1.54, 1.807) is 36.8 Å². The molecule has 12 heteroatoms. The summed E-state index contributed by atoms with van der Waals surface area (Å²) in [5.41, 5.74) is 2.83. The van der Waals surface area contributed by atoms with Gasteiger partial charge in [-0.15, -0.1) is 5.10 Å². The molecule has 3 heterocycles. The van der Waals surface area contributed by atoms with E-state index >= 15 is 0 Å². The normalized spacial score (nSPS) is 10.9. The van der Waals surface area contributed by atoms with E-state index in [1.807, 2.05) is 68.7 Å². The number of nitrogens with one attached hydrogen (secondary N) is 1. The summed E-state index contributed by atoms with van der Waals surface area (Å²) in [5.74, 6) is 4.71. The summed E-state index contributed by atoms with van der Waals surface area (Å²) in [5, 5.41) is 12.4. The summed E-state index contributed by atoms with van der Waals surface area (Å²) in [6, 6.07) is 17.2. The number of ether oxygens (including phenoxy) is 4. The Kier molecular flexibility index (Phi) is 8.28. The van der Waals surface area contributed by atoms with Crippen LogP contribution in [-0.4, -0.2) is 55.8 Å². The van der Waals surface area contributed by atoms with Crippen molar-refractivity contribution < 1.29 is 18.9 Å². The molecule has 0 aliphatic heterocycles. The van der Waals surface area contributed by atoms with Gasteiger partial charge in [-0.1, -0.05) is 18.2 Å². The maximum Gasteiger partial charge on any atom is 0.243 e. The highest BCUT2D eigenvalue weighted by Crippen LogP contribution is 2.29. The number of anilines is 1. The first-order chi connectivity index (χ1) is 19.9. The average Bonchev–Trinajstić information content (AvgIpc) is 3.60. The second-order valence-electron chi connectivity index (χ2n) is 9.21. The second-order valence-corrected chi connectivity index (χ2v) is 9.21. The van der Waals surface area contributed by atoms with E-state index in [1.165, 1.54) is 0 Å². The van der Waals surface area contributed by atoms with E-state index in [4.69, 9.17) is 29.0 Å². The maximum atomic E-state index is 5.95. The molecule has 0 saturated carbocycles.